The summed E-state index contributed by atoms with van der Waals surface area (Å²) in [7, 11) is 0. The first kappa shape index (κ1) is 16.8. The lowest BCUT2D eigenvalue weighted by atomic mass is 10.2. The third-order valence-corrected chi connectivity index (χ3v) is 4.90. The maximum atomic E-state index is 12.9. The SMILES string of the molecule is Cc1noc(C)c1CSc1nc2ccccc2c(=O)n1CC(C)C. The molecule has 0 aliphatic carbocycles. The molecule has 0 aliphatic rings. The van der Waals surface area contributed by atoms with Crippen LogP contribution in [0, 0.1) is 19.8 Å². The third-order valence-electron chi connectivity index (χ3n) is 3.90. The van der Waals surface area contributed by atoms with E-state index in [2.05, 4.69) is 19.0 Å². The normalized spacial score (nSPS) is 11.5. The van der Waals surface area contributed by atoms with Crippen LogP contribution in [-0.2, 0) is 12.3 Å². The van der Waals surface area contributed by atoms with Crippen LogP contribution in [0.4, 0.5) is 0 Å². The molecule has 0 radical (unpaired) electrons. The number of fused-ring (bicyclic) bond motifs is 1. The molecule has 5 nitrogen and oxygen atoms in total. The number of benzene rings is 1. The van der Waals surface area contributed by atoms with Crippen LogP contribution >= 0.6 is 11.8 Å². The molecule has 2 aromatic heterocycles. The van der Waals surface area contributed by atoms with Crippen LogP contribution in [0.2, 0.25) is 0 Å². The first-order chi connectivity index (χ1) is 11.5. The van der Waals surface area contributed by atoms with Gasteiger partial charge in [0.2, 0.25) is 0 Å². The molecular weight excluding hydrogens is 322 g/mol. The average Bonchev–Trinajstić information content (AvgIpc) is 2.87. The molecule has 0 bridgehead atoms. The minimum Gasteiger partial charge on any atom is -0.361 e. The smallest absolute Gasteiger partial charge is 0.262 e. The average molecular weight is 343 g/mol. The molecule has 0 unspecified atom stereocenters. The molecule has 0 saturated heterocycles. The molecular formula is C18H21N3O2S. The van der Waals surface area contributed by atoms with Gasteiger partial charge in [-0.05, 0) is 31.9 Å². The van der Waals surface area contributed by atoms with Gasteiger partial charge < -0.3 is 4.52 Å². The standard InChI is InChI=1S/C18H21N3O2S/c1-11(2)9-21-17(22)14-7-5-6-8-16(14)19-18(21)24-10-15-12(3)20-23-13(15)4/h5-8,11H,9-10H2,1-4H3. The maximum Gasteiger partial charge on any atom is 0.262 e. The van der Waals surface area contributed by atoms with E-state index in [0.717, 1.165) is 27.7 Å². The Balaban J connectivity index is 2.03. The molecule has 0 atom stereocenters. The van der Waals surface area contributed by atoms with Crippen LogP contribution in [0.15, 0.2) is 38.7 Å². The van der Waals surface area contributed by atoms with Gasteiger partial charge in [-0.2, -0.15) is 0 Å². The Bertz CT molecular complexity index is 908. The van der Waals surface area contributed by atoms with Crippen molar-refractivity contribution in [1.82, 2.24) is 14.7 Å². The highest BCUT2D eigenvalue weighted by molar-refractivity contribution is 7.98. The van der Waals surface area contributed by atoms with E-state index in [1.54, 1.807) is 16.3 Å². The summed E-state index contributed by atoms with van der Waals surface area (Å²) in [4.78, 5) is 17.6. The summed E-state index contributed by atoms with van der Waals surface area (Å²) in [6, 6.07) is 7.51. The van der Waals surface area contributed by atoms with E-state index >= 15 is 0 Å². The van der Waals surface area contributed by atoms with E-state index in [0.29, 0.717) is 23.6 Å². The summed E-state index contributed by atoms with van der Waals surface area (Å²) in [5.74, 6) is 1.87. The van der Waals surface area contributed by atoms with Crippen LogP contribution in [0.1, 0.15) is 30.9 Å². The maximum absolute atomic E-state index is 12.9. The van der Waals surface area contributed by atoms with Gasteiger partial charge in [-0.15, -0.1) is 0 Å². The Morgan fingerprint density at radius 3 is 2.67 bits per heavy atom. The van der Waals surface area contributed by atoms with Gasteiger partial charge in [0.05, 0.1) is 16.6 Å². The zero-order chi connectivity index (χ0) is 17.3. The number of rotatable bonds is 5. The Morgan fingerprint density at radius 1 is 1.25 bits per heavy atom. The fourth-order valence-electron chi connectivity index (χ4n) is 2.63. The number of hydrogen-bond donors (Lipinski definition) is 0. The van der Waals surface area contributed by atoms with Crippen molar-refractivity contribution >= 4 is 22.7 Å². The molecule has 24 heavy (non-hydrogen) atoms. The molecule has 6 heteroatoms. The van der Waals surface area contributed by atoms with Gasteiger partial charge in [0.15, 0.2) is 5.16 Å². The van der Waals surface area contributed by atoms with Crippen LogP contribution in [0.3, 0.4) is 0 Å². The molecule has 1 aromatic carbocycles. The van der Waals surface area contributed by atoms with Crippen molar-refractivity contribution < 1.29 is 4.52 Å². The molecule has 126 valence electrons. The molecule has 2 heterocycles. The van der Waals surface area contributed by atoms with E-state index in [-0.39, 0.29) is 5.56 Å². The summed E-state index contributed by atoms with van der Waals surface area (Å²) in [6.07, 6.45) is 0. The van der Waals surface area contributed by atoms with Crippen LogP contribution in [0.5, 0.6) is 0 Å². The summed E-state index contributed by atoms with van der Waals surface area (Å²) >= 11 is 1.56. The Morgan fingerprint density at radius 2 is 2.00 bits per heavy atom. The van der Waals surface area contributed by atoms with Crippen LogP contribution in [0.25, 0.3) is 10.9 Å². The Labute approximate surface area is 145 Å². The number of thioether (sulfide) groups is 1. The molecule has 0 saturated carbocycles. The van der Waals surface area contributed by atoms with E-state index in [1.807, 2.05) is 38.1 Å². The van der Waals surface area contributed by atoms with Crippen molar-refractivity contribution in [3.8, 4) is 0 Å². The topological polar surface area (TPSA) is 60.9 Å². The second kappa shape index (κ2) is 6.81. The first-order valence-corrected chi connectivity index (χ1v) is 9.00. The first-order valence-electron chi connectivity index (χ1n) is 8.01. The zero-order valence-electron chi connectivity index (χ0n) is 14.4. The molecule has 0 fully saturated rings. The van der Waals surface area contributed by atoms with Gasteiger partial charge in [-0.1, -0.05) is 42.9 Å². The largest absolute Gasteiger partial charge is 0.361 e. The van der Waals surface area contributed by atoms with Gasteiger partial charge >= 0.3 is 0 Å². The van der Waals surface area contributed by atoms with Crippen molar-refractivity contribution in [2.45, 2.75) is 45.1 Å². The highest BCUT2D eigenvalue weighted by atomic mass is 32.2. The second-order valence-electron chi connectivity index (χ2n) is 6.31. The van der Waals surface area contributed by atoms with Gasteiger partial charge in [-0.25, -0.2) is 4.98 Å². The van der Waals surface area contributed by atoms with E-state index in [9.17, 15) is 4.79 Å². The van der Waals surface area contributed by atoms with Gasteiger partial charge in [-0.3, -0.25) is 9.36 Å². The predicted molar refractivity (Wildman–Crippen MR) is 96.4 cm³/mol. The quantitative estimate of drug-likeness (QED) is 0.518. The van der Waals surface area contributed by atoms with E-state index < -0.39 is 0 Å². The molecule has 0 spiro atoms. The van der Waals surface area contributed by atoms with Gasteiger partial charge in [0.25, 0.3) is 5.56 Å². The Kier molecular flexibility index (Phi) is 4.76. The van der Waals surface area contributed by atoms with Crippen molar-refractivity contribution in [3.05, 3.63) is 51.6 Å². The number of hydrogen-bond acceptors (Lipinski definition) is 5. The third kappa shape index (κ3) is 3.24. The lowest BCUT2D eigenvalue weighted by Gasteiger charge is -2.14. The second-order valence-corrected chi connectivity index (χ2v) is 7.26. The van der Waals surface area contributed by atoms with Gasteiger partial charge in [0.1, 0.15) is 5.76 Å². The summed E-state index contributed by atoms with van der Waals surface area (Å²) in [6.45, 7) is 8.70. The predicted octanol–water partition coefficient (Wildman–Crippen LogP) is 3.95. The van der Waals surface area contributed by atoms with E-state index in [4.69, 9.17) is 9.51 Å². The van der Waals surface area contributed by atoms with Gasteiger partial charge in [0, 0.05) is 17.9 Å². The summed E-state index contributed by atoms with van der Waals surface area (Å²) in [5.41, 5.74) is 2.72. The molecule has 0 aliphatic heterocycles. The lowest BCUT2D eigenvalue weighted by molar-refractivity contribution is 0.392. The number of aryl methyl sites for hydroxylation is 2. The number of para-hydroxylation sites is 1. The molecule has 3 aromatic rings. The minimum absolute atomic E-state index is 0.0237. The highest BCUT2D eigenvalue weighted by Gasteiger charge is 2.15. The molecule has 0 amide bonds. The fourth-order valence-corrected chi connectivity index (χ4v) is 3.79. The Hall–Kier alpha value is -2.08. The summed E-state index contributed by atoms with van der Waals surface area (Å²) < 4.78 is 7.01. The van der Waals surface area contributed by atoms with E-state index in [1.165, 1.54) is 0 Å². The van der Waals surface area contributed by atoms with Crippen LogP contribution < -0.4 is 5.56 Å². The van der Waals surface area contributed by atoms with Crippen molar-refractivity contribution in [2.24, 2.45) is 5.92 Å². The van der Waals surface area contributed by atoms with Crippen molar-refractivity contribution in [2.75, 3.05) is 0 Å². The minimum atomic E-state index is 0.0237. The molecule has 0 N–H and O–H groups in total. The number of nitrogens with zero attached hydrogens (tertiary/aromatic N) is 3. The fraction of sp³-hybridized carbons (Fsp3) is 0.389. The zero-order valence-corrected chi connectivity index (χ0v) is 15.2. The monoisotopic (exact) mass is 343 g/mol. The lowest BCUT2D eigenvalue weighted by Crippen LogP contribution is -2.25. The van der Waals surface area contributed by atoms with Crippen molar-refractivity contribution in [3.63, 3.8) is 0 Å². The van der Waals surface area contributed by atoms with Crippen molar-refractivity contribution in [1.29, 1.82) is 0 Å². The number of aromatic nitrogens is 3. The highest BCUT2D eigenvalue weighted by Crippen LogP contribution is 2.26. The molecule has 3 rings (SSSR count). The summed E-state index contributed by atoms with van der Waals surface area (Å²) in [5, 5.41) is 5.40. The van der Waals surface area contributed by atoms with Crippen LogP contribution in [-0.4, -0.2) is 14.7 Å².